The number of aliphatic hydroxyl groups is 1. The molecule has 0 aromatic rings. The Morgan fingerprint density at radius 2 is 1.75 bits per heavy atom. The highest BCUT2D eigenvalue weighted by atomic mass is 16.7. The predicted molar refractivity (Wildman–Crippen MR) is 48.9 cm³/mol. The van der Waals surface area contributed by atoms with Crippen LogP contribution in [0.4, 0.5) is 0 Å². The van der Waals surface area contributed by atoms with Gasteiger partial charge in [-0.25, -0.2) is 0 Å². The van der Waals surface area contributed by atoms with E-state index in [2.05, 4.69) is 6.92 Å². The second-order valence-electron chi connectivity index (χ2n) is 4.13. The average Bonchev–Trinajstić information content (AvgIpc) is 2.45. The minimum absolute atomic E-state index is 0.249. The number of hydrogen-bond acceptors (Lipinski definition) is 2. The van der Waals surface area contributed by atoms with E-state index in [0.29, 0.717) is 0 Å². The van der Waals surface area contributed by atoms with Crippen molar-refractivity contribution < 1.29 is 9.84 Å². The Labute approximate surface area is 74.9 Å². The molecule has 0 aromatic carbocycles. The zero-order valence-electron chi connectivity index (χ0n) is 8.39. The van der Waals surface area contributed by atoms with E-state index < -0.39 is 5.79 Å². The Bertz CT molecular complexity index is 154. The molecule has 2 unspecified atom stereocenters. The fraction of sp³-hybridized carbons (Fsp3) is 1.00. The van der Waals surface area contributed by atoms with E-state index in [-0.39, 0.29) is 5.60 Å². The molecule has 2 atom stereocenters. The summed E-state index contributed by atoms with van der Waals surface area (Å²) in [6.45, 7) is 5.93. The summed E-state index contributed by atoms with van der Waals surface area (Å²) in [6.07, 6.45) is 5.96. The van der Waals surface area contributed by atoms with Gasteiger partial charge < -0.3 is 9.84 Å². The number of rotatable bonds is 5. The molecule has 1 rings (SSSR count). The summed E-state index contributed by atoms with van der Waals surface area (Å²) in [4.78, 5) is 0. The van der Waals surface area contributed by atoms with Gasteiger partial charge in [-0.1, -0.05) is 32.6 Å². The van der Waals surface area contributed by atoms with Crippen LogP contribution in [-0.2, 0) is 4.74 Å². The van der Waals surface area contributed by atoms with Crippen LogP contribution in [0.3, 0.4) is 0 Å². The quantitative estimate of drug-likeness (QED) is 0.510. The normalized spacial score (nSPS) is 40.0. The molecule has 1 saturated heterocycles. The third-order valence-corrected chi connectivity index (χ3v) is 2.87. The third kappa shape index (κ3) is 1.99. The molecule has 0 radical (unpaired) electrons. The van der Waals surface area contributed by atoms with Crippen LogP contribution >= 0.6 is 0 Å². The average molecular weight is 172 g/mol. The number of epoxide rings is 1. The van der Waals surface area contributed by atoms with Gasteiger partial charge in [0.25, 0.3) is 0 Å². The fourth-order valence-electron chi connectivity index (χ4n) is 1.59. The molecular weight excluding hydrogens is 152 g/mol. The Balaban J connectivity index is 2.09. The minimum atomic E-state index is -0.848. The van der Waals surface area contributed by atoms with Gasteiger partial charge in [-0.3, -0.25) is 0 Å². The highest BCUT2D eigenvalue weighted by Crippen LogP contribution is 2.48. The van der Waals surface area contributed by atoms with Crippen LogP contribution in [0.2, 0.25) is 0 Å². The standard InChI is InChI=1S/C10H20O2/c1-4-5-6-7-8-9(2)10(3,11)12-9/h11H,4-8H2,1-3H3. The first-order valence-corrected chi connectivity index (χ1v) is 4.94. The zero-order chi connectivity index (χ0) is 9.24. The minimum Gasteiger partial charge on any atom is -0.363 e. The largest absolute Gasteiger partial charge is 0.363 e. The summed E-state index contributed by atoms with van der Waals surface area (Å²) in [5.74, 6) is -0.848. The van der Waals surface area contributed by atoms with Crippen LogP contribution < -0.4 is 0 Å². The van der Waals surface area contributed by atoms with Crippen molar-refractivity contribution in [3.8, 4) is 0 Å². The van der Waals surface area contributed by atoms with Gasteiger partial charge in [-0.2, -0.15) is 0 Å². The predicted octanol–water partition coefficient (Wildman–Crippen LogP) is 2.45. The van der Waals surface area contributed by atoms with Crippen LogP contribution in [0.15, 0.2) is 0 Å². The molecule has 1 aliphatic heterocycles. The van der Waals surface area contributed by atoms with Gasteiger partial charge >= 0.3 is 0 Å². The maximum Gasteiger partial charge on any atom is 0.192 e. The lowest BCUT2D eigenvalue weighted by Gasteiger charge is -2.06. The summed E-state index contributed by atoms with van der Waals surface area (Å²) < 4.78 is 5.23. The van der Waals surface area contributed by atoms with E-state index >= 15 is 0 Å². The van der Waals surface area contributed by atoms with Gasteiger partial charge in [0, 0.05) is 0 Å². The molecule has 1 N–H and O–H groups in total. The number of hydrogen-bond donors (Lipinski definition) is 1. The molecule has 0 aromatic heterocycles. The maximum absolute atomic E-state index is 9.49. The topological polar surface area (TPSA) is 32.8 Å². The highest BCUT2D eigenvalue weighted by Gasteiger charge is 2.62. The van der Waals surface area contributed by atoms with Crippen molar-refractivity contribution in [2.45, 2.75) is 64.3 Å². The first-order valence-electron chi connectivity index (χ1n) is 4.94. The molecule has 1 aliphatic rings. The Kier molecular flexibility index (Phi) is 2.79. The van der Waals surface area contributed by atoms with Gasteiger partial charge in [-0.05, 0) is 20.3 Å². The SMILES string of the molecule is CCCCCCC1(C)OC1(C)O. The van der Waals surface area contributed by atoms with Crippen molar-refractivity contribution in [1.29, 1.82) is 0 Å². The van der Waals surface area contributed by atoms with E-state index in [9.17, 15) is 5.11 Å². The maximum atomic E-state index is 9.49. The van der Waals surface area contributed by atoms with Crippen molar-refractivity contribution in [2.24, 2.45) is 0 Å². The first-order chi connectivity index (χ1) is 5.52. The van der Waals surface area contributed by atoms with Crippen molar-refractivity contribution in [1.82, 2.24) is 0 Å². The highest BCUT2D eigenvalue weighted by molar-refractivity contribution is 5.02. The molecule has 0 saturated carbocycles. The molecule has 2 nitrogen and oxygen atoms in total. The number of ether oxygens (including phenoxy) is 1. The van der Waals surface area contributed by atoms with Gasteiger partial charge in [0.1, 0.15) is 5.60 Å². The van der Waals surface area contributed by atoms with Crippen LogP contribution in [0.25, 0.3) is 0 Å². The summed E-state index contributed by atoms with van der Waals surface area (Å²) in [5.41, 5.74) is -0.249. The van der Waals surface area contributed by atoms with E-state index in [1.54, 1.807) is 6.92 Å². The lowest BCUT2D eigenvalue weighted by molar-refractivity contribution is 0.0548. The van der Waals surface area contributed by atoms with Crippen molar-refractivity contribution in [3.63, 3.8) is 0 Å². The molecule has 2 heteroatoms. The Morgan fingerprint density at radius 1 is 1.17 bits per heavy atom. The third-order valence-electron chi connectivity index (χ3n) is 2.87. The van der Waals surface area contributed by atoms with Crippen LogP contribution in [0.1, 0.15) is 52.9 Å². The molecule has 0 spiro atoms. The van der Waals surface area contributed by atoms with E-state index in [1.165, 1.54) is 25.7 Å². The van der Waals surface area contributed by atoms with E-state index in [0.717, 1.165) is 6.42 Å². The molecule has 0 amide bonds. The zero-order valence-corrected chi connectivity index (χ0v) is 8.39. The fourth-order valence-corrected chi connectivity index (χ4v) is 1.59. The van der Waals surface area contributed by atoms with Gasteiger partial charge in [0.15, 0.2) is 5.79 Å². The molecule has 12 heavy (non-hydrogen) atoms. The number of unbranched alkanes of at least 4 members (excludes halogenated alkanes) is 3. The van der Waals surface area contributed by atoms with Gasteiger partial charge in [0.2, 0.25) is 0 Å². The summed E-state index contributed by atoms with van der Waals surface area (Å²) in [6, 6.07) is 0. The Hall–Kier alpha value is -0.0800. The lowest BCUT2D eigenvalue weighted by Crippen LogP contribution is -2.18. The van der Waals surface area contributed by atoms with Crippen LogP contribution in [-0.4, -0.2) is 16.5 Å². The first kappa shape index (κ1) is 10.0. The summed E-state index contributed by atoms with van der Waals surface area (Å²) >= 11 is 0. The lowest BCUT2D eigenvalue weighted by atomic mass is 9.98. The van der Waals surface area contributed by atoms with E-state index in [4.69, 9.17) is 4.74 Å². The van der Waals surface area contributed by atoms with Crippen molar-refractivity contribution in [2.75, 3.05) is 0 Å². The molecule has 1 heterocycles. The molecule has 0 bridgehead atoms. The van der Waals surface area contributed by atoms with Crippen LogP contribution in [0, 0.1) is 0 Å². The van der Waals surface area contributed by atoms with Crippen LogP contribution in [0.5, 0.6) is 0 Å². The molecule has 72 valence electrons. The second-order valence-corrected chi connectivity index (χ2v) is 4.13. The molecule has 0 aliphatic carbocycles. The van der Waals surface area contributed by atoms with E-state index in [1.807, 2.05) is 6.92 Å². The molecular formula is C10H20O2. The molecule has 1 fully saturated rings. The van der Waals surface area contributed by atoms with Gasteiger partial charge in [-0.15, -0.1) is 0 Å². The van der Waals surface area contributed by atoms with Crippen molar-refractivity contribution in [3.05, 3.63) is 0 Å². The monoisotopic (exact) mass is 172 g/mol. The summed E-state index contributed by atoms with van der Waals surface area (Å²) in [7, 11) is 0. The van der Waals surface area contributed by atoms with Gasteiger partial charge in [0.05, 0.1) is 0 Å². The smallest absolute Gasteiger partial charge is 0.192 e. The second kappa shape index (κ2) is 3.35. The van der Waals surface area contributed by atoms with Crippen molar-refractivity contribution >= 4 is 0 Å². The Morgan fingerprint density at radius 3 is 2.17 bits per heavy atom. The summed E-state index contributed by atoms with van der Waals surface area (Å²) in [5, 5.41) is 9.49.